The number of halogens is 1. The molecule has 0 spiro atoms. The summed E-state index contributed by atoms with van der Waals surface area (Å²) in [4.78, 5) is 2.58. The summed E-state index contributed by atoms with van der Waals surface area (Å²) >= 11 is 0. The second-order valence-corrected chi connectivity index (χ2v) is 6.60. The van der Waals surface area contributed by atoms with Gasteiger partial charge in [0, 0.05) is 12.6 Å². The van der Waals surface area contributed by atoms with E-state index in [9.17, 15) is 4.39 Å². The molecule has 1 heterocycles. The molecule has 1 aliphatic heterocycles. The lowest BCUT2D eigenvalue weighted by molar-refractivity contribution is 0.197. The Kier molecular flexibility index (Phi) is 6.19. The van der Waals surface area contributed by atoms with E-state index in [1.54, 1.807) is 13.0 Å². The van der Waals surface area contributed by atoms with Gasteiger partial charge in [0.05, 0.1) is 0 Å². The Morgan fingerprint density at radius 2 is 1.90 bits per heavy atom. The lowest BCUT2D eigenvalue weighted by Gasteiger charge is -2.29. The Bertz CT molecular complexity index is 441. The van der Waals surface area contributed by atoms with Crippen LogP contribution in [0.15, 0.2) is 18.2 Å². The van der Waals surface area contributed by atoms with Gasteiger partial charge in [-0.15, -0.1) is 0 Å². The smallest absolute Gasteiger partial charge is 0.126 e. The molecule has 1 N–H and O–H groups in total. The van der Waals surface area contributed by atoms with Crippen LogP contribution >= 0.6 is 0 Å². The quantitative estimate of drug-likeness (QED) is 0.855. The normalized spacial score (nSPS) is 19.4. The summed E-state index contributed by atoms with van der Waals surface area (Å²) in [5.41, 5.74) is 1.74. The first kappa shape index (κ1) is 16.4. The zero-order chi connectivity index (χ0) is 15.2. The summed E-state index contributed by atoms with van der Waals surface area (Å²) in [6, 6.07) is 5.73. The molecule has 0 aliphatic carbocycles. The third kappa shape index (κ3) is 5.08. The number of nitrogens with zero attached hydrogens (tertiary/aromatic N) is 1. The predicted molar refractivity (Wildman–Crippen MR) is 87.0 cm³/mol. The third-order valence-corrected chi connectivity index (χ3v) is 4.49. The molecule has 1 saturated heterocycles. The molecule has 2 unspecified atom stereocenters. The van der Waals surface area contributed by atoms with Gasteiger partial charge >= 0.3 is 0 Å². The molecular weight excluding hydrogens is 263 g/mol. The highest BCUT2D eigenvalue weighted by molar-refractivity contribution is 5.25. The molecule has 1 aromatic carbocycles. The molecule has 1 aliphatic rings. The first-order valence-electron chi connectivity index (χ1n) is 8.28. The molecule has 2 rings (SSSR count). The van der Waals surface area contributed by atoms with Gasteiger partial charge in [-0.25, -0.2) is 4.39 Å². The second-order valence-electron chi connectivity index (χ2n) is 6.60. The maximum absolute atomic E-state index is 13.6. The average molecular weight is 292 g/mol. The van der Waals surface area contributed by atoms with Crippen molar-refractivity contribution in [2.45, 2.75) is 46.1 Å². The Hall–Kier alpha value is -0.930. The number of likely N-dealkylation sites (tertiary alicyclic amines) is 1. The SMILES string of the molecule is Cc1ccc(C(C)NCC(C)CN2CCCCC2)cc1F. The van der Waals surface area contributed by atoms with Crippen LogP contribution in [0.2, 0.25) is 0 Å². The molecule has 0 radical (unpaired) electrons. The zero-order valence-electron chi connectivity index (χ0n) is 13.7. The summed E-state index contributed by atoms with van der Waals surface area (Å²) in [6.45, 7) is 10.9. The molecule has 0 bridgehead atoms. The maximum Gasteiger partial charge on any atom is 0.126 e. The van der Waals surface area contributed by atoms with Crippen molar-refractivity contribution in [2.24, 2.45) is 5.92 Å². The van der Waals surface area contributed by atoms with Gasteiger partial charge in [0.2, 0.25) is 0 Å². The fraction of sp³-hybridized carbons (Fsp3) is 0.667. The Morgan fingerprint density at radius 1 is 1.19 bits per heavy atom. The van der Waals surface area contributed by atoms with Crippen molar-refractivity contribution >= 4 is 0 Å². The zero-order valence-corrected chi connectivity index (χ0v) is 13.7. The molecule has 3 heteroatoms. The van der Waals surface area contributed by atoms with Crippen LogP contribution in [0.4, 0.5) is 4.39 Å². The second kappa shape index (κ2) is 7.90. The molecule has 118 valence electrons. The Labute approximate surface area is 128 Å². The Balaban J connectivity index is 1.77. The van der Waals surface area contributed by atoms with Gasteiger partial charge in [0.15, 0.2) is 0 Å². The van der Waals surface area contributed by atoms with E-state index in [0.29, 0.717) is 11.5 Å². The molecule has 1 aromatic rings. The van der Waals surface area contributed by atoms with Crippen molar-refractivity contribution < 1.29 is 4.39 Å². The molecule has 2 nitrogen and oxygen atoms in total. The van der Waals surface area contributed by atoms with Crippen molar-refractivity contribution in [2.75, 3.05) is 26.2 Å². The van der Waals surface area contributed by atoms with Crippen molar-refractivity contribution in [3.05, 3.63) is 35.1 Å². The van der Waals surface area contributed by atoms with Crippen LogP contribution in [0.3, 0.4) is 0 Å². The number of hydrogen-bond donors (Lipinski definition) is 1. The third-order valence-electron chi connectivity index (χ3n) is 4.49. The highest BCUT2D eigenvalue weighted by atomic mass is 19.1. The van der Waals surface area contributed by atoms with Gasteiger partial charge in [-0.1, -0.05) is 25.5 Å². The number of rotatable bonds is 6. The topological polar surface area (TPSA) is 15.3 Å². The lowest BCUT2D eigenvalue weighted by Crippen LogP contribution is -2.37. The minimum Gasteiger partial charge on any atom is -0.310 e. The van der Waals surface area contributed by atoms with Crippen LogP contribution in [0.1, 0.15) is 50.3 Å². The minimum atomic E-state index is -0.109. The van der Waals surface area contributed by atoms with Gasteiger partial charge in [-0.3, -0.25) is 0 Å². The van der Waals surface area contributed by atoms with Gasteiger partial charge < -0.3 is 10.2 Å². The van der Waals surface area contributed by atoms with Crippen LogP contribution < -0.4 is 5.32 Å². The van der Waals surface area contributed by atoms with Gasteiger partial charge in [0.1, 0.15) is 5.82 Å². The minimum absolute atomic E-state index is 0.109. The van der Waals surface area contributed by atoms with Crippen molar-refractivity contribution in [3.8, 4) is 0 Å². The van der Waals surface area contributed by atoms with Gasteiger partial charge in [-0.2, -0.15) is 0 Å². The largest absolute Gasteiger partial charge is 0.310 e. The van der Waals surface area contributed by atoms with Crippen molar-refractivity contribution in [1.29, 1.82) is 0 Å². The molecule has 2 atom stereocenters. The summed E-state index contributed by atoms with van der Waals surface area (Å²) in [7, 11) is 0. The summed E-state index contributed by atoms with van der Waals surface area (Å²) < 4.78 is 13.6. The fourth-order valence-electron chi connectivity index (χ4n) is 3.02. The molecule has 0 saturated carbocycles. The number of piperidine rings is 1. The number of aryl methyl sites for hydroxylation is 1. The van der Waals surface area contributed by atoms with Crippen molar-refractivity contribution in [1.82, 2.24) is 10.2 Å². The van der Waals surface area contributed by atoms with E-state index in [2.05, 4.69) is 24.1 Å². The van der Waals surface area contributed by atoms with Crippen molar-refractivity contribution in [3.63, 3.8) is 0 Å². The number of benzene rings is 1. The van der Waals surface area contributed by atoms with E-state index in [-0.39, 0.29) is 11.9 Å². The van der Waals surface area contributed by atoms with Crippen LogP contribution in [-0.4, -0.2) is 31.1 Å². The maximum atomic E-state index is 13.6. The van der Waals surface area contributed by atoms with Crippen LogP contribution in [0.25, 0.3) is 0 Å². The van der Waals surface area contributed by atoms with E-state index >= 15 is 0 Å². The van der Waals surface area contributed by atoms with E-state index in [1.165, 1.54) is 38.9 Å². The highest BCUT2D eigenvalue weighted by Gasteiger charge is 2.14. The van der Waals surface area contributed by atoms with Gasteiger partial charge in [-0.05, 0) is 69.4 Å². The summed E-state index contributed by atoms with van der Waals surface area (Å²) in [5.74, 6) is 0.517. The molecular formula is C18H29FN2. The molecule has 0 amide bonds. The van der Waals surface area contributed by atoms with E-state index in [0.717, 1.165) is 12.1 Å². The highest BCUT2D eigenvalue weighted by Crippen LogP contribution is 2.17. The monoisotopic (exact) mass is 292 g/mol. The van der Waals surface area contributed by atoms with E-state index in [4.69, 9.17) is 0 Å². The first-order valence-corrected chi connectivity index (χ1v) is 8.28. The van der Waals surface area contributed by atoms with Crippen LogP contribution in [0.5, 0.6) is 0 Å². The predicted octanol–water partition coefficient (Wildman–Crippen LogP) is 3.91. The fourth-order valence-corrected chi connectivity index (χ4v) is 3.02. The van der Waals surface area contributed by atoms with E-state index in [1.807, 2.05) is 12.1 Å². The van der Waals surface area contributed by atoms with E-state index < -0.39 is 0 Å². The van der Waals surface area contributed by atoms with Crippen LogP contribution in [-0.2, 0) is 0 Å². The summed E-state index contributed by atoms with van der Waals surface area (Å²) in [6.07, 6.45) is 4.08. The summed E-state index contributed by atoms with van der Waals surface area (Å²) in [5, 5.41) is 3.54. The number of nitrogens with one attached hydrogen (secondary N) is 1. The molecule has 21 heavy (non-hydrogen) atoms. The molecule has 1 fully saturated rings. The van der Waals surface area contributed by atoms with Crippen LogP contribution in [0, 0.1) is 18.7 Å². The molecule has 0 aromatic heterocycles. The number of hydrogen-bond acceptors (Lipinski definition) is 2. The average Bonchev–Trinajstić information content (AvgIpc) is 2.48. The lowest BCUT2D eigenvalue weighted by atomic mass is 10.0. The Morgan fingerprint density at radius 3 is 2.57 bits per heavy atom. The standard InChI is InChI=1S/C18H29FN2/c1-14(13-21-9-5-4-6-10-21)12-20-16(3)17-8-7-15(2)18(19)11-17/h7-8,11,14,16,20H,4-6,9-10,12-13H2,1-3H3. The first-order chi connectivity index (χ1) is 10.1. The van der Waals surface area contributed by atoms with Gasteiger partial charge in [0.25, 0.3) is 0 Å².